The molecule has 0 fully saturated rings. The second-order valence-electron chi connectivity index (χ2n) is 5.91. The van der Waals surface area contributed by atoms with Gasteiger partial charge in [-0.05, 0) is 25.8 Å². The molecule has 27 heavy (non-hydrogen) atoms. The lowest BCUT2D eigenvalue weighted by molar-refractivity contribution is -0.148. The average Bonchev–Trinajstić information content (AvgIpc) is 2.59. The number of esters is 1. The van der Waals surface area contributed by atoms with Crippen LogP contribution in [0.5, 0.6) is 0 Å². The van der Waals surface area contributed by atoms with Crippen molar-refractivity contribution in [3.05, 3.63) is 34.4 Å². The van der Waals surface area contributed by atoms with Gasteiger partial charge in [0.1, 0.15) is 0 Å². The first kappa shape index (κ1) is 24.5. The van der Waals surface area contributed by atoms with Crippen LogP contribution in [0.25, 0.3) is 0 Å². The van der Waals surface area contributed by atoms with E-state index in [0.717, 1.165) is 0 Å². The average molecular weight is 386 g/mol. The van der Waals surface area contributed by atoms with Crippen LogP contribution in [0.1, 0.15) is 33.6 Å². The Hall–Kier alpha value is -2.49. The third kappa shape index (κ3) is 6.63. The van der Waals surface area contributed by atoms with Gasteiger partial charge in [-0.25, -0.2) is 14.4 Å². The fourth-order valence-corrected chi connectivity index (χ4v) is 2.77. The first-order valence-corrected chi connectivity index (χ1v) is 8.17. The number of carbonyl (C=O) groups is 3. The van der Waals surface area contributed by atoms with E-state index in [1.807, 2.05) is 0 Å². The van der Waals surface area contributed by atoms with Gasteiger partial charge in [0.05, 0.1) is 18.8 Å². The van der Waals surface area contributed by atoms with Crippen LogP contribution in [-0.2, 0) is 19.1 Å². The van der Waals surface area contributed by atoms with E-state index in [9.17, 15) is 34.8 Å². The zero-order valence-corrected chi connectivity index (χ0v) is 15.6. The molecule has 5 N–H and O–H groups in total. The number of carboxylic acid groups (broad SMARTS) is 2. The zero-order valence-electron chi connectivity index (χ0n) is 15.6. The summed E-state index contributed by atoms with van der Waals surface area (Å²) in [4.78, 5) is 35.2. The van der Waals surface area contributed by atoms with E-state index >= 15 is 0 Å². The molecule has 0 radical (unpaired) electrons. The van der Waals surface area contributed by atoms with Crippen LogP contribution in [0.3, 0.4) is 0 Å². The maximum absolute atomic E-state index is 12.5. The highest BCUT2D eigenvalue weighted by Crippen LogP contribution is 2.41. The minimum Gasteiger partial charge on any atom is -0.478 e. The summed E-state index contributed by atoms with van der Waals surface area (Å²) in [7, 11) is 0. The summed E-state index contributed by atoms with van der Waals surface area (Å²) in [6.45, 7) is 1.77. The van der Waals surface area contributed by atoms with Gasteiger partial charge >= 0.3 is 17.9 Å². The van der Waals surface area contributed by atoms with Crippen molar-refractivity contribution in [2.75, 3.05) is 20.0 Å². The molecule has 0 aromatic rings. The fraction of sp³-hybridized carbons (Fsp3) is 0.500. The summed E-state index contributed by atoms with van der Waals surface area (Å²) in [6, 6.07) is 0. The van der Waals surface area contributed by atoms with E-state index in [-0.39, 0.29) is 28.7 Å². The van der Waals surface area contributed by atoms with E-state index in [2.05, 4.69) is 4.74 Å². The Bertz CT molecular complexity index is 620. The van der Waals surface area contributed by atoms with E-state index in [1.165, 1.54) is 26.0 Å². The zero-order chi connectivity index (χ0) is 21.2. The Kier molecular flexibility index (Phi) is 10.2. The highest BCUT2D eigenvalue weighted by atomic mass is 16.6. The van der Waals surface area contributed by atoms with Crippen molar-refractivity contribution in [2.45, 2.75) is 33.6 Å². The number of hydrogen-bond donors (Lipinski definition) is 5. The van der Waals surface area contributed by atoms with Crippen molar-refractivity contribution in [3.63, 3.8) is 0 Å². The molecule has 0 aromatic carbocycles. The molecule has 0 aliphatic carbocycles. The second-order valence-corrected chi connectivity index (χ2v) is 5.91. The van der Waals surface area contributed by atoms with Gasteiger partial charge in [0.15, 0.2) is 6.79 Å². The van der Waals surface area contributed by atoms with Crippen molar-refractivity contribution in [2.24, 2.45) is 5.41 Å². The number of aliphatic hydroxyl groups is 3. The Morgan fingerprint density at radius 1 is 0.926 bits per heavy atom. The van der Waals surface area contributed by atoms with Gasteiger partial charge in [0.2, 0.25) is 0 Å². The summed E-state index contributed by atoms with van der Waals surface area (Å²) in [5.41, 5.74) is -2.44. The minimum absolute atomic E-state index is 0.0849. The van der Waals surface area contributed by atoms with Gasteiger partial charge in [-0.2, -0.15) is 0 Å². The van der Waals surface area contributed by atoms with Gasteiger partial charge in [-0.15, -0.1) is 0 Å². The molecule has 152 valence electrons. The topological polar surface area (TPSA) is 162 Å². The molecule has 9 nitrogen and oxygen atoms in total. The lowest BCUT2D eigenvalue weighted by Gasteiger charge is -2.32. The van der Waals surface area contributed by atoms with E-state index in [1.54, 1.807) is 6.92 Å². The SMILES string of the molecule is CCCC(C=C(C)C(=O)O)(C=C(C)C(=O)O)C(C(=O)OCO)=C(CO)CO. The lowest BCUT2D eigenvalue weighted by atomic mass is 9.72. The molecule has 0 saturated carbocycles. The van der Waals surface area contributed by atoms with Gasteiger partial charge in [0, 0.05) is 16.6 Å². The molecule has 0 atom stereocenters. The summed E-state index contributed by atoms with van der Waals surface area (Å²) in [5.74, 6) is -3.68. The number of aliphatic carboxylic acids is 2. The van der Waals surface area contributed by atoms with Gasteiger partial charge < -0.3 is 30.3 Å². The molecule has 0 heterocycles. The normalized spacial score (nSPS) is 14.3. The van der Waals surface area contributed by atoms with Crippen LogP contribution >= 0.6 is 0 Å². The largest absolute Gasteiger partial charge is 0.478 e. The lowest BCUT2D eigenvalue weighted by Crippen LogP contribution is -2.31. The summed E-state index contributed by atoms with van der Waals surface area (Å²) >= 11 is 0. The van der Waals surface area contributed by atoms with Crippen molar-refractivity contribution >= 4 is 17.9 Å². The van der Waals surface area contributed by atoms with Crippen molar-refractivity contribution in [1.29, 1.82) is 0 Å². The monoisotopic (exact) mass is 386 g/mol. The quantitative estimate of drug-likeness (QED) is 0.194. The molecular formula is C18H26O9. The molecule has 0 amide bonds. The highest BCUT2D eigenvalue weighted by Gasteiger charge is 2.38. The third-order valence-corrected chi connectivity index (χ3v) is 3.89. The first-order valence-electron chi connectivity index (χ1n) is 8.17. The molecule has 0 bridgehead atoms. The maximum atomic E-state index is 12.5. The molecular weight excluding hydrogens is 360 g/mol. The Morgan fingerprint density at radius 2 is 1.37 bits per heavy atom. The van der Waals surface area contributed by atoms with Gasteiger partial charge in [-0.1, -0.05) is 25.5 Å². The second kappa shape index (κ2) is 11.3. The van der Waals surface area contributed by atoms with Gasteiger partial charge in [0.25, 0.3) is 0 Å². The van der Waals surface area contributed by atoms with E-state index in [4.69, 9.17) is 5.11 Å². The van der Waals surface area contributed by atoms with E-state index < -0.39 is 43.3 Å². The Balaban J connectivity index is 7.15. The van der Waals surface area contributed by atoms with Crippen LogP contribution in [0.2, 0.25) is 0 Å². The molecule has 0 unspecified atom stereocenters. The number of ether oxygens (including phenoxy) is 1. The van der Waals surface area contributed by atoms with Crippen molar-refractivity contribution in [1.82, 2.24) is 0 Å². The number of aliphatic hydroxyl groups excluding tert-OH is 3. The first-order chi connectivity index (χ1) is 12.6. The number of carbonyl (C=O) groups excluding carboxylic acids is 1. The number of carboxylic acids is 2. The number of allylic oxidation sites excluding steroid dienone is 2. The van der Waals surface area contributed by atoms with E-state index in [0.29, 0.717) is 6.42 Å². The third-order valence-electron chi connectivity index (χ3n) is 3.89. The van der Waals surface area contributed by atoms with Crippen molar-refractivity contribution in [3.8, 4) is 0 Å². The smallest absolute Gasteiger partial charge is 0.337 e. The molecule has 0 rings (SSSR count). The molecule has 0 aromatic heterocycles. The minimum atomic E-state index is -1.59. The van der Waals surface area contributed by atoms with Crippen LogP contribution in [0.4, 0.5) is 0 Å². The van der Waals surface area contributed by atoms with Gasteiger partial charge in [-0.3, -0.25) is 0 Å². The molecule has 0 aliphatic rings. The fourth-order valence-electron chi connectivity index (χ4n) is 2.77. The Labute approximate surface area is 156 Å². The summed E-state index contributed by atoms with van der Waals surface area (Å²) in [5, 5.41) is 46.6. The number of hydrogen-bond acceptors (Lipinski definition) is 7. The summed E-state index contributed by atoms with van der Waals surface area (Å²) in [6.07, 6.45) is 2.85. The molecule has 0 aliphatic heterocycles. The van der Waals surface area contributed by atoms with Crippen LogP contribution in [-0.4, -0.2) is 63.4 Å². The maximum Gasteiger partial charge on any atom is 0.337 e. The van der Waals surface area contributed by atoms with Crippen LogP contribution < -0.4 is 0 Å². The van der Waals surface area contributed by atoms with Crippen LogP contribution in [0, 0.1) is 5.41 Å². The molecule has 0 spiro atoms. The number of rotatable bonds is 11. The predicted molar refractivity (Wildman–Crippen MR) is 94.5 cm³/mol. The summed E-state index contributed by atoms with van der Waals surface area (Å²) < 4.78 is 4.61. The predicted octanol–water partition coefficient (Wildman–Crippen LogP) is 0.609. The highest BCUT2D eigenvalue weighted by molar-refractivity contribution is 5.94. The molecule has 9 heteroatoms. The van der Waals surface area contributed by atoms with Crippen molar-refractivity contribution < 1.29 is 44.7 Å². The molecule has 0 saturated heterocycles. The standard InChI is InChI=1S/C18H26O9/c1-4-5-18(6-11(2)15(22)23,7-12(3)16(24)25)14(13(8-19)9-20)17(26)27-10-21/h6-7,19-21H,4-5,8-10H2,1-3H3,(H,22,23)(H,24,25). The van der Waals surface area contributed by atoms with Crippen LogP contribution in [0.15, 0.2) is 34.4 Å². The Morgan fingerprint density at radius 3 is 1.67 bits per heavy atom.